The van der Waals surface area contributed by atoms with Gasteiger partial charge in [0.15, 0.2) is 6.61 Å². The van der Waals surface area contributed by atoms with E-state index in [1.54, 1.807) is 16.8 Å². The number of carbonyl (C=O) groups excluding carboxylic acids is 2. The Labute approximate surface area is 200 Å². The molecule has 4 aromatic rings. The van der Waals surface area contributed by atoms with Gasteiger partial charge in [0.1, 0.15) is 9.71 Å². The maximum absolute atomic E-state index is 12.5. The summed E-state index contributed by atoms with van der Waals surface area (Å²) in [5, 5.41) is 19.0. The summed E-state index contributed by atoms with van der Waals surface area (Å²) in [5.41, 5.74) is 1.35. The number of esters is 1. The number of nitrogens with one attached hydrogen (secondary N) is 1. The summed E-state index contributed by atoms with van der Waals surface area (Å²) in [6.07, 6.45) is 0. The van der Waals surface area contributed by atoms with Crippen LogP contribution in [0.1, 0.15) is 15.4 Å². The van der Waals surface area contributed by atoms with E-state index in [9.17, 15) is 19.7 Å². The second-order valence-corrected chi connectivity index (χ2v) is 8.67. The van der Waals surface area contributed by atoms with Crippen molar-refractivity contribution in [2.24, 2.45) is 0 Å². The van der Waals surface area contributed by atoms with Gasteiger partial charge >= 0.3 is 5.97 Å². The maximum atomic E-state index is 12.5. The number of thiophene rings is 1. The highest BCUT2D eigenvalue weighted by molar-refractivity contribution is 7.20. The summed E-state index contributed by atoms with van der Waals surface area (Å²) in [6.45, 7) is 1.26. The number of ether oxygens (including phenoxy) is 1. The third kappa shape index (κ3) is 4.68. The number of rotatable bonds is 6. The fourth-order valence-corrected chi connectivity index (χ4v) is 4.55. The van der Waals surface area contributed by atoms with Crippen LogP contribution in [0, 0.1) is 17.0 Å². The van der Waals surface area contributed by atoms with E-state index in [4.69, 9.17) is 27.9 Å². The number of aromatic nitrogens is 2. The smallest absolute Gasteiger partial charge is 0.348 e. The molecule has 0 aliphatic rings. The van der Waals surface area contributed by atoms with Gasteiger partial charge in [-0.1, -0.05) is 35.3 Å². The van der Waals surface area contributed by atoms with E-state index in [1.807, 2.05) is 25.1 Å². The summed E-state index contributed by atoms with van der Waals surface area (Å²) < 4.78 is 6.79. The summed E-state index contributed by atoms with van der Waals surface area (Å²) in [6, 6.07) is 12.5. The molecule has 0 radical (unpaired) electrons. The standard InChI is InChI=1S/C21H14Cl2N4O5S/c1-11-13-9-18(33-20(13)26(25-11)17-5-3-2-4-14(17)22)21(29)32-10-19(28)24-16-7-6-12(27(30)31)8-15(16)23/h2-9H,10H2,1H3,(H,24,28). The zero-order valence-electron chi connectivity index (χ0n) is 16.9. The van der Waals surface area contributed by atoms with Crippen molar-refractivity contribution < 1.29 is 19.2 Å². The van der Waals surface area contributed by atoms with Gasteiger partial charge in [0, 0.05) is 17.5 Å². The molecule has 0 fully saturated rings. The van der Waals surface area contributed by atoms with Crippen LogP contribution >= 0.6 is 34.5 Å². The number of benzene rings is 2. The molecule has 0 aliphatic heterocycles. The number of nitro groups is 1. The van der Waals surface area contributed by atoms with Gasteiger partial charge in [-0.15, -0.1) is 11.3 Å². The number of nitro benzene ring substituents is 1. The predicted molar refractivity (Wildman–Crippen MR) is 126 cm³/mol. The van der Waals surface area contributed by atoms with Gasteiger partial charge in [-0.3, -0.25) is 14.9 Å². The van der Waals surface area contributed by atoms with Crippen LogP contribution in [0.15, 0.2) is 48.5 Å². The van der Waals surface area contributed by atoms with Crippen LogP contribution in [-0.2, 0) is 9.53 Å². The molecular formula is C21H14Cl2N4O5S. The average Bonchev–Trinajstić information content (AvgIpc) is 3.34. The molecule has 2 aromatic carbocycles. The minimum atomic E-state index is -0.675. The average molecular weight is 505 g/mol. The minimum Gasteiger partial charge on any atom is -0.451 e. The van der Waals surface area contributed by atoms with Crippen molar-refractivity contribution in [3.05, 3.63) is 79.3 Å². The lowest BCUT2D eigenvalue weighted by Gasteiger charge is -2.07. The Hall–Kier alpha value is -3.47. The van der Waals surface area contributed by atoms with Gasteiger partial charge < -0.3 is 10.1 Å². The van der Waals surface area contributed by atoms with Gasteiger partial charge in [0.05, 0.1) is 32.0 Å². The van der Waals surface area contributed by atoms with E-state index in [1.165, 1.54) is 23.5 Å². The first-order valence-electron chi connectivity index (χ1n) is 9.39. The highest BCUT2D eigenvalue weighted by Gasteiger charge is 2.20. The summed E-state index contributed by atoms with van der Waals surface area (Å²) in [4.78, 5) is 35.9. The van der Waals surface area contributed by atoms with Gasteiger partial charge in [-0.2, -0.15) is 5.10 Å². The van der Waals surface area contributed by atoms with Crippen molar-refractivity contribution >= 4 is 68.0 Å². The molecule has 2 heterocycles. The fourth-order valence-electron chi connectivity index (χ4n) is 3.04. The Balaban J connectivity index is 1.46. The van der Waals surface area contributed by atoms with Gasteiger partial charge in [-0.05, 0) is 31.2 Å². The topological polar surface area (TPSA) is 116 Å². The van der Waals surface area contributed by atoms with Crippen molar-refractivity contribution in [2.75, 3.05) is 11.9 Å². The number of non-ortho nitro benzene ring substituents is 1. The zero-order valence-corrected chi connectivity index (χ0v) is 19.2. The molecule has 1 amide bonds. The number of anilines is 1. The lowest BCUT2D eigenvalue weighted by molar-refractivity contribution is -0.384. The highest BCUT2D eigenvalue weighted by Crippen LogP contribution is 2.33. The van der Waals surface area contributed by atoms with Crippen molar-refractivity contribution in [1.82, 2.24) is 9.78 Å². The Kier molecular flexibility index (Phi) is 6.32. The van der Waals surface area contributed by atoms with Crippen molar-refractivity contribution in [3.8, 4) is 5.69 Å². The molecule has 168 valence electrons. The quantitative estimate of drug-likeness (QED) is 0.213. The number of halogens is 2. The van der Waals surface area contributed by atoms with Crippen LogP contribution in [0.5, 0.6) is 0 Å². The zero-order chi connectivity index (χ0) is 23.7. The summed E-state index contributed by atoms with van der Waals surface area (Å²) in [7, 11) is 0. The fraction of sp³-hybridized carbons (Fsp3) is 0.0952. The molecule has 1 N–H and O–H groups in total. The molecule has 0 bridgehead atoms. The molecule has 12 heteroatoms. The number of hydrogen-bond donors (Lipinski definition) is 1. The largest absolute Gasteiger partial charge is 0.451 e. The van der Waals surface area contributed by atoms with E-state index in [0.29, 0.717) is 21.3 Å². The van der Waals surface area contributed by atoms with E-state index in [2.05, 4.69) is 10.4 Å². The van der Waals surface area contributed by atoms with E-state index < -0.39 is 23.4 Å². The number of nitrogens with zero attached hydrogens (tertiary/aromatic N) is 3. The predicted octanol–water partition coefficient (Wildman–Crippen LogP) is 5.41. The highest BCUT2D eigenvalue weighted by atomic mass is 35.5. The van der Waals surface area contributed by atoms with Gasteiger partial charge in [-0.25, -0.2) is 9.48 Å². The molecule has 0 saturated heterocycles. The Morgan fingerprint density at radius 1 is 1.18 bits per heavy atom. The molecule has 0 aliphatic carbocycles. The summed E-state index contributed by atoms with van der Waals surface area (Å²) >= 11 is 13.4. The third-order valence-electron chi connectivity index (χ3n) is 4.60. The van der Waals surface area contributed by atoms with E-state index in [-0.39, 0.29) is 16.4 Å². The molecule has 4 rings (SSSR count). The molecule has 0 spiro atoms. The number of hydrogen-bond acceptors (Lipinski definition) is 7. The Morgan fingerprint density at radius 3 is 2.64 bits per heavy atom. The minimum absolute atomic E-state index is 0.00650. The summed E-state index contributed by atoms with van der Waals surface area (Å²) in [5.74, 6) is -1.31. The molecule has 0 saturated carbocycles. The monoisotopic (exact) mass is 504 g/mol. The number of aryl methyl sites for hydroxylation is 1. The lowest BCUT2D eigenvalue weighted by atomic mass is 10.3. The second-order valence-electron chi connectivity index (χ2n) is 6.82. The molecule has 2 aromatic heterocycles. The van der Waals surface area contributed by atoms with Crippen LogP contribution in [0.2, 0.25) is 10.0 Å². The van der Waals surface area contributed by atoms with Crippen LogP contribution in [-0.4, -0.2) is 33.2 Å². The SMILES string of the molecule is Cc1nn(-c2ccccc2Cl)c2sc(C(=O)OCC(=O)Nc3ccc([N+](=O)[O-])cc3Cl)cc12. The lowest BCUT2D eigenvalue weighted by Crippen LogP contribution is -2.20. The Bertz CT molecular complexity index is 1420. The van der Waals surface area contributed by atoms with Crippen molar-refractivity contribution in [2.45, 2.75) is 6.92 Å². The second kappa shape index (κ2) is 9.18. The Morgan fingerprint density at radius 2 is 1.94 bits per heavy atom. The van der Waals surface area contributed by atoms with Crippen LogP contribution in [0.4, 0.5) is 11.4 Å². The molecular weight excluding hydrogens is 491 g/mol. The number of fused-ring (bicyclic) bond motifs is 1. The van der Waals surface area contributed by atoms with Gasteiger partial charge in [0.25, 0.3) is 11.6 Å². The normalized spacial score (nSPS) is 10.9. The van der Waals surface area contributed by atoms with Crippen LogP contribution < -0.4 is 5.32 Å². The number of para-hydroxylation sites is 1. The van der Waals surface area contributed by atoms with E-state index in [0.717, 1.165) is 16.3 Å². The molecule has 9 nitrogen and oxygen atoms in total. The first-order valence-corrected chi connectivity index (χ1v) is 11.0. The number of carbonyl (C=O) groups is 2. The molecule has 0 unspecified atom stereocenters. The van der Waals surface area contributed by atoms with Crippen molar-refractivity contribution in [1.29, 1.82) is 0 Å². The maximum Gasteiger partial charge on any atom is 0.348 e. The molecule has 0 atom stereocenters. The number of amides is 1. The first kappa shape index (κ1) is 22.7. The van der Waals surface area contributed by atoms with Crippen LogP contribution in [0.25, 0.3) is 15.9 Å². The van der Waals surface area contributed by atoms with Gasteiger partial charge in [0.2, 0.25) is 0 Å². The first-order chi connectivity index (χ1) is 15.7. The third-order valence-corrected chi connectivity index (χ3v) is 6.32. The van der Waals surface area contributed by atoms with Crippen molar-refractivity contribution in [3.63, 3.8) is 0 Å². The van der Waals surface area contributed by atoms with Crippen LogP contribution in [0.3, 0.4) is 0 Å². The van der Waals surface area contributed by atoms with E-state index >= 15 is 0 Å². The molecule has 33 heavy (non-hydrogen) atoms.